The Kier molecular flexibility index (Phi) is 18.6. The number of hydrogen-bond donors (Lipinski definition) is 0. The van der Waals surface area contributed by atoms with Crippen LogP contribution in [0.2, 0.25) is 0 Å². The van der Waals surface area contributed by atoms with Crippen molar-refractivity contribution in [1.29, 1.82) is 0 Å². The van der Waals surface area contributed by atoms with Crippen molar-refractivity contribution in [2.75, 3.05) is 0 Å². The lowest BCUT2D eigenvalue weighted by Crippen LogP contribution is -2.02. The van der Waals surface area contributed by atoms with Gasteiger partial charge in [-0.15, -0.1) is 0 Å². The minimum absolute atomic E-state index is 0.122. The molecule has 0 radical (unpaired) electrons. The van der Waals surface area contributed by atoms with Gasteiger partial charge in [-0.2, -0.15) is 0 Å². The first-order valence-corrected chi connectivity index (χ1v) is 16.3. The highest BCUT2D eigenvalue weighted by molar-refractivity contribution is 5.19. The van der Waals surface area contributed by atoms with Crippen LogP contribution in [0.3, 0.4) is 0 Å². The molecule has 0 aromatic rings. The molecular formula is C40H64O. The largest absolute Gasteiger partial charge is 0.367 e. The van der Waals surface area contributed by atoms with E-state index >= 15 is 0 Å². The summed E-state index contributed by atoms with van der Waals surface area (Å²) >= 11 is 0. The SMILES string of the molecule is CC(C)=CCC/C(C)=C/CC/C(C)=C/CC/C(C)=C/C=C/C=C(\C)CC/C=C(\C)CC/C=C(\C)CC[C@@H]1OC1(C)C. The molecule has 1 saturated heterocycles. The van der Waals surface area contributed by atoms with Crippen LogP contribution >= 0.6 is 0 Å². The van der Waals surface area contributed by atoms with Crippen LogP contribution in [-0.2, 0) is 4.74 Å². The smallest absolute Gasteiger partial charge is 0.0892 e. The Balaban J connectivity index is 2.23. The van der Waals surface area contributed by atoms with Crippen LogP contribution in [0.5, 0.6) is 0 Å². The summed E-state index contributed by atoms with van der Waals surface area (Å²) in [5, 5.41) is 0. The molecule has 1 rings (SSSR count). The summed E-state index contributed by atoms with van der Waals surface area (Å²) in [5.74, 6) is 0. The Morgan fingerprint density at radius 1 is 0.488 bits per heavy atom. The maximum Gasteiger partial charge on any atom is 0.0892 e. The zero-order valence-corrected chi connectivity index (χ0v) is 28.7. The van der Waals surface area contributed by atoms with Crippen LogP contribution in [0.4, 0.5) is 0 Å². The van der Waals surface area contributed by atoms with Crippen LogP contribution < -0.4 is 0 Å². The molecule has 0 unspecified atom stereocenters. The zero-order valence-electron chi connectivity index (χ0n) is 28.7. The molecule has 1 fully saturated rings. The van der Waals surface area contributed by atoms with Crippen LogP contribution in [0.1, 0.15) is 146 Å². The molecular weight excluding hydrogens is 496 g/mol. The molecule has 0 saturated carbocycles. The minimum atomic E-state index is 0.122. The van der Waals surface area contributed by atoms with E-state index in [2.05, 4.69) is 124 Å². The average Bonchev–Trinajstić information content (AvgIpc) is 3.51. The van der Waals surface area contributed by atoms with Gasteiger partial charge in [0.2, 0.25) is 0 Å². The first-order valence-electron chi connectivity index (χ1n) is 16.3. The maximum atomic E-state index is 5.70. The van der Waals surface area contributed by atoms with E-state index in [1.165, 1.54) is 58.3 Å². The number of ether oxygens (including phenoxy) is 1. The number of allylic oxidation sites excluding steroid dienone is 16. The zero-order chi connectivity index (χ0) is 30.7. The molecule has 1 atom stereocenters. The van der Waals surface area contributed by atoms with E-state index in [1.54, 1.807) is 0 Å². The molecule has 41 heavy (non-hydrogen) atoms. The lowest BCUT2D eigenvalue weighted by atomic mass is 10.0. The Hall–Kier alpha value is -2.12. The van der Waals surface area contributed by atoms with Gasteiger partial charge in [0.15, 0.2) is 0 Å². The average molecular weight is 561 g/mol. The number of hydrogen-bond acceptors (Lipinski definition) is 1. The van der Waals surface area contributed by atoms with Crippen LogP contribution in [0, 0.1) is 0 Å². The highest BCUT2D eigenvalue weighted by Crippen LogP contribution is 2.39. The molecule has 0 N–H and O–H groups in total. The van der Waals surface area contributed by atoms with Crippen LogP contribution in [0.25, 0.3) is 0 Å². The first-order chi connectivity index (χ1) is 19.4. The molecule has 0 amide bonds. The van der Waals surface area contributed by atoms with Crippen LogP contribution in [-0.4, -0.2) is 11.7 Å². The molecule has 1 aliphatic heterocycles. The third kappa shape index (κ3) is 20.4. The Morgan fingerprint density at radius 3 is 1.15 bits per heavy atom. The predicted molar refractivity (Wildman–Crippen MR) is 185 cm³/mol. The van der Waals surface area contributed by atoms with Gasteiger partial charge in [0.25, 0.3) is 0 Å². The van der Waals surface area contributed by atoms with E-state index in [4.69, 9.17) is 4.74 Å². The molecule has 1 heterocycles. The van der Waals surface area contributed by atoms with E-state index in [9.17, 15) is 0 Å². The van der Waals surface area contributed by atoms with E-state index in [-0.39, 0.29) is 5.60 Å². The topological polar surface area (TPSA) is 12.5 Å². The third-order valence-corrected chi connectivity index (χ3v) is 8.05. The van der Waals surface area contributed by atoms with Gasteiger partial charge in [0.1, 0.15) is 0 Å². The van der Waals surface area contributed by atoms with Crippen molar-refractivity contribution < 1.29 is 4.74 Å². The Labute approximate surface area is 256 Å². The monoisotopic (exact) mass is 560 g/mol. The second-order valence-electron chi connectivity index (χ2n) is 13.3. The van der Waals surface area contributed by atoms with Gasteiger partial charge in [0.05, 0.1) is 11.7 Å². The highest BCUT2D eigenvalue weighted by atomic mass is 16.6. The molecule has 1 nitrogen and oxygen atoms in total. The first kappa shape index (κ1) is 36.9. The summed E-state index contributed by atoms with van der Waals surface area (Å²) < 4.78 is 5.70. The molecule has 1 heteroatoms. The molecule has 230 valence electrons. The second kappa shape index (κ2) is 20.7. The summed E-state index contributed by atoms with van der Waals surface area (Å²) in [6.07, 6.45) is 35.3. The van der Waals surface area contributed by atoms with E-state index in [1.807, 2.05) is 0 Å². The summed E-state index contributed by atoms with van der Waals surface area (Å²) in [6, 6.07) is 0. The van der Waals surface area contributed by atoms with Crippen molar-refractivity contribution in [3.63, 3.8) is 0 Å². The van der Waals surface area contributed by atoms with Gasteiger partial charge in [0, 0.05) is 0 Å². The summed E-state index contributed by atoms with van der Waals surface area (Å²) in [6.45, 7) is 22.3. The van der Waals surface area contributed by atoms with E-state index in [0.29, 0.717) is 6.10 Å². The second-order valence-corrected chi connectivity index (χ2v) is 13.3. The van der Waals surface area contributed by atoms with Gasteiger partial charge in [-0.05, 0) is 146 Å². The molecule has 1 aliphatic rings. The van der Waals surface area contributed by atoms with E-state index < -0.39 is 0 Å². The number of rotatable bonds is 20. The van der Waals surface area contributed by atoms with Crippen molar-refractivity contribution in [3.05, 3.63) is 93.7 Å². The van der Waals surface area contributed by atoms with E-state index in [0.717, 1.165) is 57.8 Å². The van der Waals surface area contributed by atoms with Crippen molar-refractivity contribution in [2.45, 2.75) is 158 Å². The quantitative estimate of drug-likeness (QED) is 0.0819. The Bertz CT molecular complexity index is 1010. The minimum Gasteiger partial charge on any atom is -0.367 e. The maximum absolute atomic E-state index is 5.70. The predicted octanol–water partition coefficient (Wildman–Crippen LogP) is 13.0. The van der Waals surface area contributed by atoms with Gasteiger partial charge in [-0.3, -0.25) is 0 Å². The molecule has 0 aromatic carbocycles. The summed E-state index contributed by atoms with van der Waals surface area (Å²) in [5.41, 5.74) is 10.5. The fourth-order valence-electron chi connectivity index (χ4n) is 4.89. The molecule has 0 bridgehead atoms. The molecule has 0 aromatic heterocycles. The normalized spacial score (nSPS) is 18.8. The van der Waals surface area contributed by atoms with Gasteiger partial charge < -0.3 is 4.74 Å². The highest BCUT2D eigenvalue weighted by Gasteiger charge is 2.46. The molecule has 0 aliphatic carbocycles. The van der Waals surface area contributed by atoms with Crippen LogP contribution in [0.15, 0.2) is 93.7 Å². The Morgan fingerprint density at radius 2 is 0.805 bits per heavy atom. The molecule has 0 spiro atoms. The van der Waals surface area contributed by atoms with Crippen molar-refractivity contribution >= 4 is 0 Å². The fourth-order valence-corrected chi connectivity index (χ4v) is 4.89. The lowest BCUT2D eigenvalue weighted by Gasteiger charge is -2.03. The van der Waals surface area contributed by atoms with Gasteiger partial charge in [-0.1, -0.05) is 93.7 Å². The van der Waals surface area contributed by atoms with Crippen molar-refractivity contribution in [3.8, 4) is 0 Å². The third-order valence-electron chi connectivity index (χ3n) is 8.05. The van der Waals surface area contributed by atoms with Gasteiger partial charge in [-0.25, -0.2) is 0 Å². The lowest BCUT2D eigenvalue weighted by molar-refractivity contribution is 0.320. The summed E-state index contributed by atoms with van der Waals surface area (Å²) in [7, 11) is 0. The number of epoxide rings is 1. The standard InChI is InChI=1S/C40H64O/c1-32(2)18-13-21-35(5)24-16-27-36(6)25-14-22-33(3)19-11-12-20-34(4)23-15-26-37(7)28-17-29-38(8)30-31-39-40(9,10)41-39/h11-12,18-20,24-26,29,39H,13-17,21-23,27-28,30-31H2,1-10H3/b12-11+,33-19+,34-20+,35-24+,36-25+,37-26+,38-29+/t39-/m0/s1. The summed E-state index contributed by atoms with van der Waals surface area (Å²) in [4.78, 5) is 0. The van der Waals surface area contributed by atoms with Crippen molar-refractivity contribution in [1.82, 2.24) is 0 Å². The van der Waals surface area contributed by atoms with Crippen molar-refractivity contribution in [2.24, 2.45) is 0 Å². The fraction of sp³-hybridized carbons (Fsp3) is 0.600. The van der Waals surface area contributed by atoms with Gasteiger partial charge >= 0.3 is 0 Å².